The minimum absolute atomic E-state index is 0.124. The van der Waals surface area contributed by atoms with Gasteiger partial charge in [-0.15, -0.1) is 0 Å². The molecule has 0 saturated carbocycles. The molecule has 0 N–H and O–H groups in total. The second kappa shape index (κ2) is 11.2. The highest BCUT2D eigenvalue weighted by Gasteiger charge is 2.43. The van der Waals surface area contributed by atoms with Crippen molar-refractivity contribution in [1.82, 2.24) is 19.2 Å². The highest BCUT2D eigenvalue weighted by molar-refractivity contribution is 6.08. The van der Waals surface area contributed by atoms with E-state index >= 15 is 0 Å². The fraction of sp³-hybridized carbons (Fsp3) is 0.346. The molecule has 1 aliphatic rings. The van der Waals surface area contributed by atoms with Crippen LogP contribution >= 0.6 is 0 Å². The van der Waals surface area contributed by atoms with Gasteiger partial charge in [-0.3, -0.25) is 14.9 Å². The number of aliphatic imine (C=N–C) groups is 1. The van der Waals surface area contributed by atoms with E-state index < -0.39 is 35.0 Å². The van der Waals surface area contributed by atoms with Gasteiger partial charge in [-0.05, 0) is 44.9 Å². The third kappa shape index (κ3) is 5.53. The first-order valence-corrected chi connectivity index (χ1v) is 12.2. The topological polar surface area (TPSA) is 142 Å². The van der Waals surface area contributed by atoms with Crippen molar-refractivity contribution in [3.8, 4) is 5.69 Å². The first kappa shape index (κ1) is 26.5. The minimum atomic E-state index is -0.947. The normalized spacial score (nSPS) is 17.4. The minimum Gasteiger partial charge on any atom is -0.462 e. The van der Waals surface area contributed by atoms with Crippen molar-refractivity contribution in [2.75, 3.05) is 6.54 Å². The number of nitrogens with zero attached hydrogens (tertiary/aromatic N) is 6. The number of para-hydroxylation sites is 1. The molecule has 0 bridgehead atoms. The van der Waals surface area contributed by atoms with Crippen LogP contribution in [0.3, 0.4) is 0 Å². The van der Waals surface area contributed by atoms with E-state index in [0.717, 1.165) is 0 Å². The summed E-state index contributed by atoms with van der Waals surface area (Å²) in [4.78, 5) is 55.4. The Labute approximate surface area is 218 Å². The molecule has 1 aromatic heterocycles. The van der Waals surface area contributed by atoms with Crippen molar-refractivity contribution in [2.24, 2.45) is 10.9 Å². The zero-order valence-corrected chi connectivity index (χ0v) is 21.3. The van der Waals surface area contributed by atoms with E-state index in [1.165, 1.54) is 38.7 Å². The predicted octanol–water partition coefficient (Wildman–Crippen LogP) is 3.54. The van der Waals surface area contributed by atoms with Crippen LogP contribution in [0.15, 0.2) is 70.7 Å². The molecular formula is C26H28N6O6. The van der Waals surface area contributed by atoms with Gasteiger partial charge in [0.25, 0.3) is 5.69 Å². The van der Waals surface area contributed by atoms with E-state index in [9.17, 15) is 24.5 Å². The van der Waals surface area contributed by atoms with Crippen LogP contribution in [-0.4, -0.2) is 54.5 Å². The van der Waals surface area contributed by atoms with Crippen LogP contribution in [0.25, 0.3) is 5.69 Å². The third-order valence-electron chi connectivity index (χ3n) is 6.18. The molecule has 198 valence electrons. The standard InChI is InChI=1S/C26H28N6O6/c1-17(2)38-24(33)22-18(3)28-25(34)29(23(22)19-9-7-12-21(15-19)32(36)37)13-8-14-31-26(35)30(16-27-31)20-10-5-4-6-11-20/h4-7,9-12,15-17,22-23H,8,13-14H2,1-3H3. The summed E-state index contributed by atoms with van der Waals surface area (Å²) in [6.07, 6.45) is 1.35. The molecule has 38 heavy (non-hydrogen) atoms. The Bertz CT molecular complexity index is 1430. The zero-order chi connectivity index (χ0) is 27.4. The molecule has 2 heterocycles. The lowest BCUT2D eigenvalue weighted by Gasteiger charge is -2.38. The Morgan fingerprint density at radius 2 is 1.84 bits per heavy atom. The molecule has 2 aromatic carbocycles. The summed E-state index contributed by atoms with van der Waals surface area (Å²) in [5.41, 5.74) is 0.869. The summed E-state index contributed by atoms with van der Waals surface area (Å²) in [5.74, 6) is -1.52. The maximum absolute atomic E-state index is 13.1. The molecule has 2 atom stereocenters. The van der Waals surface area contributed by atoms with Gasteiger partial charge in [0.2, 0.25) is 0 Å². The number of hydrogen-bond acceptors (Lipinski definition) is 7. The maximum atomic E-state index is 13.1. The summed E-state index contributed by atoms with van der Waals surface area (Å²) in [5, 5.41) is 15.6. The number of nitro benzene ring substituents is 1. The lowest BCUT2D eigenvalue weighted by Crippen LogP contribution is -2.48. The highest BCUT2D eigenvalue weighted by Crippen LogP contribution is 2.36. The lowest BCUT2D eigenvalue weighted by atomic mass is 9.86. The Morgan fingerprint density at radius 1 is 1.11 bits per heavy atom. The molecule has 4 rings (SSSR count). The van der Waals surface area contributed by atoms with Gasteiger partial charge in [0.05, 0.1) is 22.8 Å². The first-order chi connectivity index (χ1) is 18.2. The van der Waals surface area contributed by atoms with Crippen molar-refractivity contribution in [3.63, 3.8) is 0 Å². The van der Waals surface area contributed by atoms with Gasteiger partial charge in [-0.25, -0.2) is 23.8 Å². The van der Waals surface area contributed by atoms with E-state index in [2.05, 4.69) is 10.1 Å². The van der Waals surface area contributed by atoms with E-state index in [4.69, 9.17) is 4.74 Å². The predicted molar refractivity (Wildman–Crippen MR) is 138 cm³/mol. The molecule has 0 saturated heterocycles. The van der Waals surface area contributed by atoms with E-state index in [-0.39, 0.29) is 30.2 Å². The van der Waals surface area contributed by atoms with E-state index in [0.29, 0.717) is 17.7 Å². The molecule has 2 amide bonds. The zero-order valence-electron chi connectivity index (χ0n) is 21.3. The van der Waals surface area contributed by atoms with Gasteiger partial charge >= 0.3 is 17.7 Å². The van der Waals surface area contributed by atoms with Crippen molar-refractivity contribution >= 4 is 23.4 Å². The Hall–Kier alpha value is -4.61. The lowest BCUT2D eigenvalue weighted by molar-refractivity contribution is -0.385. The van der Waals surface area contributed by atoms with Gasteiger partial charge in [0.15, 0.2) is 0 Å². The van der Waals surface area contributed by atoms with Gasteiger partial charge in [0.1, 0.15) is 12.2 Å². The summed E-state index contributed by atoms with van der Waals surface area (Å²) in [7, 11) is 0. The smallest absolute Gasteiger partial charge is 0.350 e. The van der Waals surface area contributed by atoms with Crippen LogP contribution in [0.5, 0.6) is 0 Å². The number of carbonyl (C=O) groups excluding carboxylic acids is 2. The molecule has 0 spiro atoms. The molecule has 2 unspecified atom stereocenters. The molecule has 12 nitrogen and oxygen atoms in total. The number of non-ortho nitro benzene ring substituents is 1. The first-order valence-electron chi connectivity index (χ1n) is 12.2. The fourth-order valence-electron chi connectivity index (χ4n) is 4.49. The molecule has 0 radical (unpaired) electrons. The van der Waals surface area contributed by atoms with Crippen molar-refractivity contribution in [1.29, 1.82) is 0 Å². The molecule has 1 aliphatic heterocycles. The average Bonchev–Trinajstić information content (AvgIpc) is 3.25. The van der Waals surface area contributed by atoms with Crippen molar-refractivity contribution in [2.45, 2.75) is 45.9 Å². The summed E-state index contributed by atoms with van der Waals surface area (Å²) >= 11 is 0. The number of nitro groups is 1. The third-order valence-corrected chi connectivity index (χ3v) is 6.18. The maximum Gasteiger partial charge on any atom is 0.350 e. The number of amides is 2. The molecule has 12 heteroatoms. The number of aryl methyl sites for hydroxylation is 1. The molecule has 0 fully saturated rings. The van der Waals surface area contributed by atoms with E-state index in [1.807, 2.05) is 18.2 Å². The van der Waals surface area contributed by atoms with Crippen LogP contribution in [0.2, 0.25) is 0 Å². The number of benzene rings is 2. The van der Waals surface area contributed by atoms with Crippen LogP contribution in [-0.2, 0) is 16.1 Å². The van der Waals surface area contributed by atoms with Crippen molar-refractivity contribution in [3.05, 3.63) is 87.1 Å². The van der Waals surface area contributed by atoms with Crippen LogP contribution in [0.1, 0.15) is 38.8 Å². The SMILES string of the molecule is CC1=NC(=O)N(CCCn2ncn(-c3ccccc3)c2=O)C(c2cccc([N+](=O)[O-])c2)C1C(=O)OC(C)C. The second-order valence-electron chi connectivity index (χ2n) is 9.19. The largest absolute Gasteiger partial charge is 0.462 e. The Morgan fingerprint density at radius 3 is 2.53 bits per heavy atom. The van der Waals surface area contributed by atoms with Crippen LogP contribution < -0.4 is 5.69 Å². The molecule has 3 aromatic rings. The highest BCUT2D eigenvalue weighted by atomic mass is 16.6. The van der Waals surface area contributed by atoms with Crippen LogP contribution in [0.4, 0.5) is 10.5 Å². The van der Waals surface area contributed by atoms with Crippen LogP contribution in [0, 0.1) is 16.0 Å². The Kier molecular flexibility index (Phi) is 7.79. The number of esters is 1. The van der Waals surface area contributed by atoms with Gasteiger partial charge < -0.3 is 9.64 Å². The van der Waals surface area contributed by atoms with Crippen molar-refractivity contribution < 1.29 is 19.2 Å². The fourth-order valence-corrected chi connectivity index (χ4v) is 4.49. The summed E-state index contributed by atoms with van der Waals surface area (Å²) in [6, 6.07) is 13.5. The van der Waals surface area contributed by atoms with Gasteiger partial charge in [-0.1, -0.05) is 30.3 Å². The quantitative estimate of drug-likeness (QED) is 0.239. The van der Waals surface area contributed by atoms with E-state index in [1.54, 1.807) is 39.0 Å². The average molecular weight is 521 g/mol. The Balaban J connectivity index is 1.62. The number of rotatable bonds is 9. The van der Waals surface area contributed by atoms with Gasteiger partial charge in [-0.2, -0.15) is 5.10 Å². The number of aromatic nitrogens is 3. The number of urea groups is 1. The monoisotopic (exact) mass is 520 g/mol. The van der Waals surface area contributed by atoms with Gasteiger partial charge in [0, 0.05) is 30.9 Å². The summed E-state index contributed by atoms with van der Waals surface area (Å²) in [6.45, 7) is 5.32. The summed E-state index contributed by atoms with van der Waals surface area (Å²) < 4.78 is 8.17. The molecule has 0 aliphatic carbocycles. The second-order valence-corrected chi connectivity index (χ2v) is 9.19. The number of carbonyl (C=O) groups is 2. The molecular weight excluding hydrogens is 492 g/mol. The number of hydrogen-bond donors (Lipinski definition) is 0. The number of ether oxygens (including phenoxy) is 1.